The van der Waals surface area contributed by atoms with Crippen LogP contribution in [0.3, 0.4) is 0 Å². The molecule has 1 unspecified atom stereocenters. The van der Waals surface area contributed by atoms with Crippen LogP contribution < -0.4 is 5.32 Å². The summed E-state index contributed by atoms with van der Waals surface area (Å²) in [5, 5.41) is 3.60. The summed E-state index contributed by atoms with van der Waals surface area (Å²) in [5.41, 5.74) is 0. The number of hydrogen-bond donors (Lipinski definition) is 1. The predicted molar refractivity (Wildman–Crippen MR) is 72.3 cm³/mol. The molecule has 16 heavy (non-hydrogen) atoms. The SMILES string of the molecule is CN(CCN1CCCC1)CC1CSCCN1. The molecule has 2 saturated heterocycles. The van der Waals surface area contributed by atoms with Crippen molar-refractivity contribution in [2.75, 3.05) is 57.8 Å². The van der Waals surface area contributed by atoms with Crippen molar-refractivity contribution in [2.24, 2.45) is 0 Å². The number of likely N-dealkylation sites (tertiary alicyclic amines) is 1. The smallest absolute Gasteiger partial charge is 0.0285 e. The van der Waals surface area contributed by atoms with Gasteiger partial charge in [-0.2, -0.15) is 11.8 Å². The molecule has 1 atom stereocenters. The third-order valence-corrected chi connectivity index (χ3v) is 4.66. The van der Waals surface area contributed by atoms with Crippen molar-refractivity contribution in [3.05, 3.63) is 0 Å². The molecule has 0 aromatic rings. The largest absolute Gasteiger partial charge is 0.311 e. The highest BCUT2D eigenvalue weighted by atomic mass is 32.2. The molecule has 0 radical (unpaired) electrons. The lowest BCUT2D eigenvalue weighted by Crippen LogP contribution is -2.46. The minimum Gasteiger partial charge on any atom is -0.311 e. The van der Waals surface area contributed by atoms with Crippen molar-refractivity contribution >= 4 is 11.8 Å². The number of likely N-dealkylation sites (N-methyl/N-ethyl adjacent to an activating group) is 1. The molecule has 4 heteroatoms. The first-order chi connectivity index (χ1) is 7.84. The maximum Gasteiger partial charge on any atom is 0.0285 e. The number of rotatable bonds is 5. The highest BCUT2D eigenvalue weighted by Gasteiger charge is 2.16. The molecule has 0 saturated carbocycles. The standard InChI is InChI=1S/C12H25N3S/c1-14(7-8-15-5-2-3-6-15)10-12-11-16-9-4-13-12/h12-13H,2-11H2,1H3. The fourth-order valence-electron chi connectivity index (χ4n) is 2.52. The van der Waals surface area contributed by atoms with Crippen molar-refractivity contribution in [2.45, 2.75) is 18.9 Å². The van der Waals surface area contributed by atoms with Crippen LogP contribution >= 0.6 is 11.8 Å². The Labute approximate surface area is 104 Å². The molecule has 0 aliphatic carbocycles. The van der Waals surface area contributed by atoms with Gasteiger partial charge in [-0.15, -0.1) is 0 Å². The van der Waals surface area contributed by atoms with Crippen molar-refractivity contribution in [1.29, 1.82) is 0 Å². The molecule has 0 spiro atoms. The highest BCUT2D eigenvalue weighted by Crippen LogP contribution is 2.09. The second-order valence-corrected chi connectivity index (χ2v) is 6.19. The molecule has 2 fully saturated rings. The van der Waals surface area contributed by atoms with E-state index in [1.165, 1.54) is 63.6 Å². The maximum atomic E-state index is 3.60. The lowest BCUT2D eigenvalue weighted by Gasteiger charge is -2.28. The lowest BCUT2D eigenvalue weighted by molar-refractivity contribution is 0.243. The summed E-state index contributed by atoms with van der Waals surface area (Å²) in [4.78, 5) is 5.08. The van der Waals surface area contributed by atoms with E-state index in [-0.39, 0.29) is 0 Å². The zero-order chi connectivity index (χ0) is 11.2. The van der Waals surface area contributed by atoms with Gasteiger partial charge in [0.15, 0.2) is 0 Å². The maximum absolute atomic E-state index is 3.60. The van der Waals surface area contributed by atoms with Crippen LogP contribution in [-0.4, -0.2) is 73.7 Å². The molecule has 0 amide bonds. The summed E-state index contributed by atoms with van der Waals surface area (Å²) in [6.07, 6.45) is 2.81. The van der Waals surface area contributed by atoms with Gasteiger partial charge in [-0.1, -0.05) is 0 Å². The quantitative estimate of drug-likeness (QED) is 0.766. The van der Waals surface area contributed by atoms with Gasteiger partial charge in [-0.05, 0) is 33.0 Å². The van der Waals surface area contributed by atoms with Gasteiger partial charge in [-0.25, -0.2) is 0 Å². The number of hydrogen-bond acceptors (Lipinski definition) is 4. The van der Waals surface area contributed by atoms with Gasteiger partial charge in [0, 0.05) is 43.7 Å². The van der Waals surface area contributed by atoms with E-state index in [9.17, 15) is 0 Å². The van der Waals surface area contributed by atoms with E-state index in [2.05, 4.69) is 33.9 Å². The summed E-state index contributed by atoms with van der Waals surface area (Å²) in [6.45, 7) is 7.53. The van der Waals surface area contributed by atoms with Gasteiger partial charge in [0.1, 0.15) is 0 Å². The Balaban J connectivity index is 1.57. The second-order valence-electron chi connectivity index (χ2n) is 5.04. The Bertz CT molecular complexity index is 189. The van der Waals surface area contributed by atoms with Crippen molar-refractivity contribution < 1.29 is 0 Å². The van der Waals surface area contributed by atoms with Gasteiger partial charge >= 0.3 is 0 Å². The van der Waals surface area contributed by atoms with E-state index in [1.807, 2.05) is 0 Å². The summed E-state index contributed by atoms with van der Waals surface area (Å²) >= 11 is 2.09. The number of thioether (sulfide) groups is 1. The number of nitrogens with zero attached hydrogens (tertiary/aromatic N) is 2. The molecule has 0 aromatic heterocycles. The van der Waals surface area contributed by atoms with E-state index in [1.54, 1.807) is 0 Å². The average Bonchev–Trinajstić information content (AvgIpc) is 2.81. The molecule has 2 aliphatic heterocycles. The van der Waals surface area contributed by atoms with Crippen molar-refractivity contribution in [3.8, 4) is 0 Å². The summed E-state index contributed by atoms with van der Waals surface area (Å²) in [5.74, 6) is 2.57. The van der Waals surface area contributed by atoms with Crippen LogP contribution in [0.5, 0.6) is 0 Å². The fraction of sp³-hybridized carbons (Fsp3) is 1.00. The molecular weight excluding hydrogens is 218 g/mol. The molecule has 3 nitrogen and oxygen atoms in total. The molecule has 1 N–H and O–H groups in total. The van der Waals surface area contributed by atoms with E-state index in [4.69, 9.17) is 0 Å². The summed E-state index contributed by atoms with van der Waals surface area (Å²) in [7, 11) is 2.26. The van der Waals surface area contributed by atoms with Crippen LogP contribution in [0.4, 0.5) is 0 Å². The predicted octanol–water partition coefficient (Wildman–Crippen LogP) is 0.719. The van der Waals surface area contributed by atoms with Gasteiger partial charge in [0.2, 0.25) is 0 Å². The fourth-order valence-corrected chi connectivity index (χ4v) is 3.46. The van der Waals surface area contributed by atoms with E-state index in [0.29, 0.717) is 6.04 Å². The lowest BCUT2D eigenvalue weighted by atomic mass is 10.3. The first-order valence-electron chi connectivity index (χ1n) is 6.56. The first kappa shape index (κ1) is 12.7. The van der Waals surface area contributed by atoms with Crippen molar-refractivity contribution in [1.82, 2.24) is 15.1 Å². The van der Waals surface area contributed by atoms with Crippen LogP contribution in [0.15, 0.2) is 0 Å². The Morgan fingerprint density at radius 2 is 2.19 bits per heavy atom. The van der Waals surface area contributed by atoms with Gasteiger partial charge in [-0.3, -0.25) is 0 Å². The third kappa shape index (κ3) is 4.24. The van der Waals surface area contributed by atoms with Crippen molar-refractivity contribution in [3.63, 3.8) is 0 Å². The van der Waals surface area contributed by atoms with E-state index < -0.39 is 0 Å². The minimum absolute atomic E-state index is 0.710. The zero-order valence-electron chi connectivity index (χ0n) is 10.5. The van der Waals surface area contributed by atoms with E-state index in [0.717, 1.165) is 0 Å². The van der Waals surface area contributed by atoms with Gasteiger partial charge < -0.3 is 15.1 Å². The Hall–Kier alpha value is 0.230. The van der Waals surface area contributed by atoms with E-state index >= 15 is 0 Å². The van der Waals surface area contributed by atoms with Crippen LogP contribution in [0, 0.1) is 0 Å². The summed E-state index contributed by atoms with van der Waals surface area (Å²) in [6, 6.07) is 0.710. The van der Waals surface area contributed by atoms with Gasteiger partial charge in [0.25, 0.3) is 0 Å². The monoisotopic (exact) mass is 243 g/mol. The van der Waals surface area contributed by atoms with Gasteiger partial charge in [0.05, 0.1) is 0 Å². The molecule has 2 aliphatic rings. The summed E-state index contributed by atoms with van der Waals surface area (Å²) < 4.78 is 0. The molecular formula is C12H25N3S. The van der Waals surface area contributed by atoms with Crippen LogP contribution in [-0.2, 0) is 0 Å². The van der Waals surface area contributed by atoms with Crippen LogP contribution in [0.1, 0.15) is 12.8 Å². The minimum atomic E-state index is 0.710. The molecule has 0 aromatic carbocycles. The number of nitrogens with one attached hydrogen (secondary N) is 1. The highest BCUT2D eigenvalue weighted by molar-refractivity contribution is 7.99. The Morgan fingerprint density at radius 3 is 2.88 bits per heavy atom. The molecule has 94 valence electrons. The molecule has 2 heterocycles. The normalized spacial score (nSPS) is 27.8. The van der Waals surface area contributed by atoms with Crippen LogP contribution in [0.2, 0.25) is 0 Å². The average molecular weight is 243 g/mol. The Morgan fingerprint density at radius 1 is 1.38 bits per heavy atom. The first-order valence-corrected chi connectivity index (χ1v) is 7.72. The van der Waals surface area contributed by atoms with Crippen LogP contribution in [0.25, 0.3) is 0 Å². The second kappa shape index (κ2) is 6.84. The Kier molecular flexibility index (Phi) is 5.42. The third-order valence-electron chi connectivity index (χ3n) is 3.53. The topological polar surface area (TPSA) is 18.5 Å². The molecule has 2 rings (SSSR count). The molecule has 0 bridgehead atoms. The zero-order valence-corrected chi connectivity index (χ0v) is 11.3.